The van der Waals surface area contributed by atoms with Crippen LogP contribution >= 0.6 is 0 Å². The molecule has 0 spiro atoms. The molecule has 0 radical (unpaired) electrons. The van der Waals surface area contributed by atoms with E-state index in [1.165, 1.54) is 4.90 Å². The average molecular weight is 479 g/mol. The third kappa shape index (κ3) is 4.50. The van der Waals surface area contributed by atoms with Crippen LogP contribution in [-0.2, 0) is 19.1 Å². The lowest BCUT2D eigenvalue weighted by Gasteiger charge is -2.37. The topological polar surface area (TPSA) is 105 Å². The Hall–Kier alpha value is -3.39. The second kappa shape index (κ2) is 9.70. The minimum atomic E-state index is -1.01. The van der Waals surface area contributed by atoms with Gasteiger partial charge in [-0.2, -0.15) is 0 Å². The van der Waals surface area contributed by atoms with E-state index < -0.39 is 30.3 Å². The second-order valence-electron chi connectivity index (χ2n) is 9.67. The number of ether oxygens (including phenoxy) is 2. The van der Waals surface area contributed by atoms with Gasteiger partial charge in [-0.25, -0.2) is 9.59 Å². The SMILES string of the molecule is CC1CCN(C(=O)[C@@H]2OCC[C@@H]2NC(=O)OCC2c3ccccc3-c3ccccc32)C(C(=O)O)C1. The molecule has 5 rings (SSSR count). The number of benzene rings is 2. The Morgan fingerprint density at radius 1 is 1.06 bits per heavy atom. The van der Waals surface area contributed by atoms with E-state index in [0.717, 1.165) is 28.7 Å². The molecule has 35 heavy (non-hydrogen) atoms. The summed E-state index contributed by atoms with van der Waals surface area (Å²) in [6, 6.07) is 14.8. The van der Waals surface area contributed by atoms with Gasteiger partial charge in [0.15, 0.2) is 6.10 Å². The highest BCUT2D eigenvalue weighted by Gasteiger charge is 2.43. The van der Waals surface area contributed by atoms with E-state index in [2.05, 4.69) is 29.6 Å². The first-order chi connectivity index (χ1) is 16.9. The Balaban J connectivity index is 1.23. The first-order valence-corrected chi connectivity index (χ1v) is 12.2. The standard InChI is InChI=1S/C27H30N2O6/c1-16-10-12-29(23(14-16)26(31)32)25(30)24-22(11-13-34-24)28-27(33)35-15-21-19-8-4-2-6-17(19)18-7-3-5-9-20(18)21/h2-9,16,21-24H,10-15H2,1H3,(H,28,33)(H,31,32)/t16?,22-,23?,24+/m0/s1. The number of carbonyl (C=O) groups is 3. The van der Waals surface area contributed by atoms with E-state index in [0.29, 0.717) is 26.0 Å². The van der Waals surface area contributed by atoms with Crippen LogP contribution in [-0.4, -0.2) is 65.9 Å². The summed E-state index contributed by atoms with van der Waals surface area (Å²) in [5.41, 5.74) is 4.54. The summed E-state index contributed by atoms with van der Waals surface area (Å²) < 4.78 is 11.3. The smallest absolute Gasteiger partial charge is 0.407 e. The fourth-order valence-corrected chi connectivity index (χ4v) is 5.58. The maximum atomic E-state index is 13.2. The van der Waals surface area contributed by atoms with Gasteiger partial charge in [0.05, 0.1) is 6.04 Å². The van der Waals surface area contributed by atoms with Crippen LogP contribution in [0.2, 0.25) is 0 Å². The number of alkyl carbamates (subject to hydrolysis) is 1. The zero-order valence-electron chi connectivity index (χ0n) is 19.7. The van der Waals surface area contributed by atoms with E-state index in [1.54, 1.807) is 0 Å². The third-order valence-corrected chi connectivity index (χ3v) is 7.41. The van der Waals surface area contributed by atoms with Crippen molar-refractivity contribution in [3.63, 3.8) is 0 Å². The minimum Gasteiger partial charge on any atom is -0.480 e. The van der Waals surface area contributed by atoms with E-state index in [-0.39, 0.29) is 24.3 Å². The fourth-order valence-electron chi connectivity index (χ4n) is 5.58. The van der Waals surface area contributed by atoms with E-state index in [9.17, 15) is 19.5 Å². The van der Waals surface area contributed by atoms with Crippen LogP contribution in [0.15, 0.2) is 48.5 Å². The van der Waals surface area contributed by atoms with Crippen LogP contribution in [0.25, 0.3) is 11.1 Å². The largest absolute Gasteiger partial charge is 0.480 e. The highest BCUT2D eigenvalue weighted by Crippen LogP contribution is 2.44. The lowest BCUT2D eigenvalue weighted by molar-refractivity contribution is -0.158. The maximum Gasteiger partial charge on any atom is 0.407 e. The highest BCUT2D eigenvalue weighted by molar-refractivity contribution is 5.88. The molecular weight excluding hydrogens is 448 g/mol. The predicted octanol–water partition coefficient (Wildman–Crippen LogP) is 3.39. The summed E-state index contributed by atoms with van der Waals surface area (Å²) in [6.07, 6.45) is 0.0982. The molecule has 2 saturated heterocycles. The monoisotopic (exact) mass is 478 g/mol. The molecule has 0 aromatic heterocycles. The molecule has 2 unspecified atom stereocenters. The second-order valence-corrected chi connectivity index (χ2v) is 9.67. The van der Waals surface area contributed by atoms with Crippen molar-refractivity contribution in [3.8, 4) is 11.1 Å². The Labute approximate surface area is 204 Å². The lowest BCUT2D eigenvalue weighted by atomic mass is 9.91. The molecule has 8 nitrogen and oxygen atoms in total. The summed E-state index contributed by atoms with van der Waals surface area (Å²) in [7, 11) is 0. The molecule has 184 valence electrons. The number of amides is 2. The number of hydrogen-bond donors (Lipinski definition) is 2. The fraction of sp³-hybridized carbons (Fsp3) is 0.444. The number of rotatable bonds is 5. The molecule has 2 fully saturated rings. The molecule has 2 heterocycles. The van der Waals surface area contributed by atoms with Gasteiger partial charge in [0.25, 0.3) is 5.91 Å². The van der Waals surface area contributed by atoms with Crippen molar-refractivity contribution in [2.45, 2.75) is 50.3 Å². The quantitative estimate of drug-likeness (QED) is 0.683. The van der Waals surface area contributed by atoms with Crippen LogP contribution in [0, 0.1) is 5.92 Å². The summed E-state index contributed by atoms with van der Waals surface area (Å²) in [6.45, 7) is 2.85. The minimum absolute atomic E-state index is 0.0583. The zero-order chi connectivity index (χ0) is 24.5. The number of carboxylic acids is 1. The summed E-state index contributed by atoms with van der Waals surface area (Å²) in [5, 5.41) is 12.4. The molecule has 2 amide bonds. The van der Waals surface area contributed by atoms with Gasteiger partial charge in [0.2, 0.25) is 0 Å². The first-order valence-electron chi connectivity index (χ1n) is 12.2. The van der Waals surface area contributed by atoms with Crippen molar-refractivity contribution in [2.24, 2.45) is 5.92 Å². The van der Waals surface area contributed by atoms with Gasteiger partial charge < -0.3 is 24.8 Å². The number of nitrogens with zero attached hydrogens (tertiary/aromatic N) is 1. The molecule has 2 N–H and O–H groups in total. The van der Waals surface area contributed by atoms with Crippen LogP contribution in [0.1, 0.15) is 43.2 Å². The molecule has 0 saturated carbocycles. The number of carbonyl (C=O) groups excluding carboxylic acids is 2. The molecule has 8 heteroatoms. The van der Waals surface area contributed by atoms with Crippen LogP contribution < -0.4 is 5.32 Å². The number of aliphatic carboxylic acids is 1. The lowest BCUT2D eigenvalue weighted by Crippen LogP contribution is -2.56. The Morgan fingerprint density at radius 2 is 1.71 bits per heavy atom. The van der Waals surface area contributed by atoms with Crippen LogP contribution in [0.3, 0.4) is 0 Å². The molecule has 0 bridgehead atoms. The van der Waals surface area contributed by atoms with Gasteiger partial charge in [-0.3, -0.25) is 4.79 Å². The number of nitrogens with one attached hydrogen (secondary N) is 1. The highest BCUT2D eigenvalue weighted by atomic mass is 16.6. The summed E-state index contributed by atoms with van der Waals surface area (Å²) >= 11 is 0. The van der Waals surface area contributed by atoms with E-state index in [4.69, 9.17) is 9.47 Å². The average Bonchev–Trinajstić information content (AvgIpc) is 3.44. The van der Waals surface area contributed by atoms with Crippen molar-refractivity contribution in [1.29, 1.82) is 0 Å². The molecule has 2 aromatic carbocycles. The number of likely N-dealkylation sites (tertiary alicyclic amines) is 1. The normalized spacial score (nSPS) is 25.6. The molecule has 2 aromatic rings. The maximum absolute atomic E-state index is 13.2. The zero-order valence-corrected chi connectivity index (χ0v) is 19.7. The number of carboxylic acid groups (broad SMARTS) is 1. The first kappa shape index (κ1) is 23.4. The van der Waals surface area contributed by atoms with Gasteiger partial charge in [-0.05, 0) is 47.4 Å². The molecular formula is C27H30N2O6. The van der Waals surface area contributed by atoms with Gasteiger partial charge in [-0.15, -0.1) is 0 Å². The van der Waals surface area contributed by atoms with Crippen molar-refractivity contribution in [1.82, 2.24) is 10.2 Å². The van der Waals surface area contributed by atoms with Crippen LogP contribution in [0.5, 0.6) is 0 Å². The Kier molecular flexibility index (Phi) is 6.47. The Morgan fingerprint density at radius 3 is 2.37 bits per heavy atom. The number of piperidine rings is 1. The van der Waals surface area contributed by atoms with E-state index in [1.807, 2.05) is 31.2 Å². The molecule has 4 atom stereocenters. The molecule has 3 aliphatic rings. The van der Waals surface area contributed by atoms with Gasteiger partial charge in [0.1, 0.15) is 12.6 Å². The summed E-state index contributed by atoms with van der Waals surface area (Å²) in [4.78, 5) is 39.1. The van der Waals surface area contributed by atoms with Crippen molar-refractivity contribution < 1.29 is 29.0 Å². The van der Waals surface area contributed by atoms with Gasteiger partial charge in [-0.1, -0.05) is 55.5 Å². The third-order valence-electron chi connectivity index (χ3n) is 7.41. The van der Waals surface area contributed by atoms with Crippen molar-refractivity contribution >= 4 is 18.0 Å². The number of fused-ring (bicyclic) bond motifs is 3. The predicted molar refractivity (Wildman–Crippen MR) is 128 cm³/mol. The van der Waals surface area contributed by atoms with Crippen molar-refractivity contribution in [2.75, 3.05) is 19.8 Å². The summed E-state index contributed by atoms with van der Waals surface area (Å²) in [5.74, 6) is -1.22. The van der Waals surface area contributed by atoms with Crippen LogP contribution in [0.4, 0.5) is 4.79 Å². The Bertz CT molecular complexity index is 1090. The van der Waals surface area contributed by atoms with Gasteiger partial charge >= 0.3 is 12.1 Å². The van der Waals surface area contributed by atoms with E-state index >= 15 is 0 Å². The number of hydrogen-bond acceptors (Lipinski definition) is 5. The molecule has 1 aliphatic carbocycles. The van der Waals surface area contributed by atoms with Gasteiger partial charge in [0, 0.05) is 19.1 Å². The van der Waals surface area contributed by atoms with Crippen molar-refractivity contribution in [3.05, 3.63) is 59.7 Å². The molecule has 2 aliphatic heterocycles.